The van der Waals surface area contributed by atoms with Crippen molar-refractivity contribution in [2.24, 2.45) is 0 Å². The molecule has 0 aliphatic carbocycles. The highest BCUT2D eigenvalue weighted by Crippen LogP contribution is 2.22. The number of aromatic nitrogens is 1. The Hall–Kier alpha value is -3.07. The zero-order valence-electron chi connectivity index (χ0n) is 12.6. The van der Waals surface area contributed by atoms with Crippen LogP contribution in [0.3, 0.4) is 0 Å². The number of nitro benzene ring substituents is 1. The fourth-order valence-corrected chi connectivity index (χ4v) is 2.64. The van der Waals surface area contributed by atoms with Crippen LogP contribution in [0.25, 0.3) is 0 Å². The third-order valence-corrected chi connectivity index (χ3v) is 3.94. The molecule has 0 amide bonds. The van der Waals surface area contributed by atoms with Gasteiger partial charge in [0.25, 0.3) is 5.69 Å². The molecule has 0 atom stereocenters. The maximum absolute atomic E-state index is 10.7. The van der Waals surface area contributed by atoms with Crippen LogP contribution in [0.15, 0.2) is 42.6 Å². The number of nitrogens with zero attached hydrogens (tertiary/aromatic N) is 4. The van der Waals surface area contributed by atoms with E-state index in [0.29, 0.717) is 0 Å². The molecule has 1 aliphatic rings. The van der Waals surface area contributed by atoms with Crippen LogP contribution in [0, 0.1) is 22.5 Å². The van der Waals surface area contributed by atoms with Gasteiger partial charge in [-0.05, 0) is 24.3 Å². The average molecular weight is 308 g/mol. The summed E-state index contributed by atoms with van der Waals surface area (Å²) >= 11 is 0. The van der Waals surface area contributed by atoms with Crippen molar-refractivity contribution >= 4 is 17.2 Å². The zero-order valence-corrected chi connectivity index (χ0v) is 12.6. The molecule has 2 heterocycles. The lowest BCUT2D eigenvalue weighted by atomic mass is 10.2. The number of non-ortho nitro benzene ring substituents is 1. The summed E-state index contributed by atoms with van der Waals surface area (Å²) in [5, 5.41) is 10.7. The summed E-state index contributed by atoms with van der Waals surface area (Å²) in [6.45, 7) is 3.38. The average Bonchev–Trinajstić information content (AvgIpc) is 2.62. The first kappa shape index (κ1) is 14.9. The predicted molar refractivity (Wildman–Crippen MR) is 89.7 cm³/mol. The van der Waals surface area contributed by atoms with Gasteiger partial charge in [0.15, 0.2) is 0 Å². The van der Waals surface area contributed by atoms with Gasteiger partial charge < -0.3 is 9.80 Å². The molecule has 0 radical (unpaired) electrons. The van der Waals surface area contributed by atoms with E-state index in [-0.39, 0.29) is 10.6 Å². The standard InChI is InChI=1S/C17H16N4O2/c1-2-14-3-8-17(18-13-14)20-11-9-19(10-12-20)15-4-6-16(7-5-15)21(22)23/h1,3-8,13H,9-12H2. The van der Waals surface area contributed by atoms with Crippen molar-refractivity contribution in [3.63, 3.8) is 0 Å². The first-order valence-electron chi connectivity index (χ1n) is 7.34. The van der Waals surface area contributed by atoms with E-state index < -0.39 is 0 Å². The Morgan fingerprint density at radius 3 is 2.22 bits per heavy atom. The maximum atomic E-state index is 10.7. The Morgan fingerprint density at radius 2 is 1.70 bits per heavy atom. The summed E-state index contributed by atoms with van der Waals surface area (Å²) in [5.41, 5.74) is 1.90. The first-order chi connectivity index (χ1) is 11.2. The van der Waals surface area contributed by atoms with Crippen molar-refractivity contribution in [2.45, 2.75) is 0 Å². The number of piperazine rings is 1. The van der Waals surface area contributed by atoms with E-state index in [1.807, 2.05) is 12.1 Å². The molecule has 6 heteroatoms. The molecule has 1 fully saturated rings. The summed E-state index contributed by atoms with van der Waals surface area (Å²) in [5.74, 6) is 3.48. The molecule has 1 aromatic heterocycles. The van der Waals surface area contributed by atoms with Gasteiger partial charge in [0, 0.05) is 55.8 Å². The normalized spacial score (nSPS) is 14.4. The van der Waals surface area contributed by atoms with E-state index in [1.54, 1.807) is 30.5 Å². The molecular formula is C17H16N4O2. The van der Waals surface area contributed by atoms with Gasteiger partial charge in [0.2, 0.25) is 0 Å². The van der Waals surface area contributed by atoms with E-state index >= 15 is 0 Å². The molecule has 0 N–H and O–H groups in total. The Bertz CT molecular complexity index is 727. The molecule has 1 aromatic carbocycles. The van der Waals surface area contributed by atoms with Crippen molar-refractivity contribution in [3.05, 3.63) is 58.3 Å². The Kier molecular flexibility index (Phi) is 4.11. The zero-order chi connectivity index (χ0) is 16.2. The molecular weight excluding hydrogens is 292 g/mol. The molecule has 6 nitrogen and oxygen atoms in total. The van der Waals surface area contributed by atoms with Crippen molar-refractivity contribution in [3.8, 4) is 12.3 Å². The Morgan fingerprint density at radius 1 is 1.04 bits per heavy atom. The molecule has 23 heavy (non-hydrogen) atoms. The van der Waals surface area contributed by atoms with Crippen LogP contribution in [-0.4, -0.2) is 36.1 Å². The molecule has 2 aromatic rings. The number of anilines is 2. The van der Waals surface area contributed by atoms with Gasteiger partial charge in [0.05, 0.1) is 4.92 Å². The lowest BCUT2D eigenvalue weighted by Crippen LogP contribution is -2.46. The van der Waals surface area contributed by atoms with E-state index in [1.165, 1.54) is 0 Å². The van der Waals surface area contributed by atoms with Crippen LogP contribution in [-0.2, 0) is 0 Å². The number of rotatable bonds is 3. The molecule has 1 saturated heterocycles. The first-order valence-corrected chi connectivity index (χ1v) is 7.34. The Labute approximate surface area is 134 Å². The SMILES string of the molecule is C#Cc1ccc(N2CCN(c3ccc([N+](=O)[O-])cc3)CC2)nc1. The van der Waals surface area contributed by atoms with Gasteiger partial charge >= 0.3 is 0 Å². The minimum absolute atomic E-state index is 0.116. The third kappa shape index (κ3) is 3.24. The number of hydrogen-bond acceptors (Lipinski definition) is 5. The van der Waals surface area contributed by atoms with Crippen LogP contribution in [0.5, 0.6) is 0 Å². The van der Waals surface area contributed by atoms with E-state index in [2.05, 4.69) is 20.7 Å². The van der Waals surface area contributed by atoms with E-state index in [9.17, 15) is 10.1 Å². The van der Waals surface area contributed by atoms with Crippen LogP contribution < -0.4 is 9.80 Å². The highest BCUT2D eigenvalue weighted by atomic mass is 16.6. The highest BCUT2D eigenvalue weighted by Gasteiger charge is 2.18. The number of benzene rings is 1. The topological polar surface area (TPSA) is 62.5 Å². The van der Waals surface area contributed by atoms with Crippen LogP contribution >= 0.6 is 0 Å². The van der Waals surface area contributed by atoms with Crippen LogP contribution in [0.1, 0.15) is 5.56 Å². The van der Waals surface area contributed by atoms with Crippen molar-refractivity contribution in [1.29, 1.82) is 0 Å². The fraction of sp³-hybridized carbons (Fsp3) is 0.235. The number of nitro groups is 1. The highest BCUT2D eigenvalue weighted by molar-refractivity contribution is 5.53. The summed E-state index contributed by atoms with van der Waals surface area (Å²) in [6.07, 6.45) is 7.04. The summed E-state index contributed by atoms with van der Waals surface area (Å²) in [6, 6.07) is 10.5. The lowest BCUT2D eigenvalue weighted by molar-refractivity contribution is -0.384. The smallest absolute Gasteiger partial charge is 0.269 e. The minimum atomic E-state index is -0.382. The molecule has 0 bridgehead atoms. The number of pyridine rings is 1. The van der Waals surface area contributed by atoms with Crippen molar-refractivity contribution in [2.75, 3.05) is 36.0 Å². The summed E-state index contributed by atoms with van der Waals surface area (Å²) in [4.78, 5) is 19.1. The second kappa shape index (κ2) is 6.36. The predicted octanol–water partition coefficient (Wildman–Crippen LogP) is 2.30. The van der Waals surface area contributed by atoms with E-state index in [0.717, 1.165) is 43.2 Å². The van der Waals surface area contributed by atoms with E-state index in [4.69, 9.17) is 6.42 Å². The van der Waals surface area contributed by atoms with Gasteiger partial charge in [-0.1, -0.05) is 5.92 Å². The van der Waals surface area contributed by atoms with Gasteiger partial charge in [-0.15, -0.1) is 6.42 Å². The molecule has 0 spiro atoms. The van der Waals surface area contributed by atoms with Crippen molar-refractivity contribution in [1.82, 2.24) is 4.98 Å². The van der Waals surface area contributed by atoms with Gasteiger partial charge in [-0.25, -0.2) is 4.98 Å². The number of terminal acetylenes is 1. The molecule has 116 valence electrons. The fourth-order valence-electron chi connectivity index (χ4n) is 2.64. The maximum Gasteiger partial charge on any atom is 0.269 e. The van der Waals surface area contributed by atoms with Crippen LogP contribution in [0.4, 0.5) is 17.2 Å². The third-order valence-electron chi connectivity index (χ3n) is 3.94. The molecule has 1 aliphatic heterocycles. The second-order valence-electron chi connectivity index (χ2n) is 5.30. The van der Waals surface area contributed by atoms with Gasteiger partial charge in [-0.3, -0.25) is 10.1 Å². The summed E-state index contributed by atoms with van der Waals surface area (Å²) < 4.78 is 0. The van der Waals surface area contributed by atoms with Crippen LogP contribution in [0.2, 0.25) is 0 Å². The monoisotopic (exact) mass is 308 g/mol. The lowest BCUT2D eigenvalue weighted by Gasteiger charge is -2.36. The molecule has 0 saturated carbocycles. The molecule has 0 unspecified atom stereocenters. The summed E-state index contributed by atoms with van der Waals surface area (Å²) in [7, 11) is 0. The largest absolute Gasteiger partial charge is 0.368 e. The Balaban J connectivity index is 1.63. The minimum Gasteiger partial charge on any atom is -0.368 e. The quantitative estimate of drug-likeness (QED) is 0.494. The molecule has 3 rings (SSSR count). The second-order valence-corrected chi connectivity index (χ2v) is 5.30. The van der Waals surface area contributed by atoms with Crippen molar-refractivity contribution < 1.29 is 4.92 Å². The number of hydrogen-bond donors (Lipinski definition) is 0. The van der Waals surface area contributed by atoms with Gasteiger partial charge in [0.1, 0.15) is 5.82 Å². The van der Waals surface area contributed by atoms with Gasteiger partial charge in [-0.2, -0.15) is 0 Å².